The first-order valence-electron chi connectivity index (χ1n) is 5.87. The lowest BCUT2D eigenvalue weighted by atomic mass is 9.82. The van der Waals surface area contributed by atoms with Gasteiger partial charge in [0.05, 0.1) is 5.56 Å². The number of rotatable bonds is 3. The highest BCUT2D eigenvalue weighted by Crippen LogP contribution is 2.29. The first kappa shape index (κ1) is 13.5. The number of nitriles is 1. The van der Waals surface area contributed by atoms with Crippen molar-refractivity contribution in [2.75, 3.05) is 5.32 Å². The summed E-state index contributed by atoms with van der Waals surface area (Å²) < 4.78 is 0. The molecule has 1 N–H and O–H groups in total. The standard InChI is InChI=1S/C14H21N3/c1-13(2,3)10-14(4,5)17-12-11(9-15)7-6-8-16-12/h6-8H,10H2,1-5H3,(H,16,17). The van der Waals surface area contributed by atoms with E-state index >= 15 is 0 Å². The van der Waals surface area contributed by atoms with Gasteiger partial charge in [-0.25, -0.2) is 4.98 Å². The lowest BCUT2D eigenvalue weighted by Crippen LogP contribution is -2.36. The maximum atomic E-state index is 9.02. The topological polar surface area (TPSA) is 48.7 Å². The molecular formula is C14H21N3. The van der Waals surface area contributed by atoms with Gasteiger partial charge in [-0.3, -0.25) is 0 Å². The van der Waals surface area contributed by atoms with E-state index in [9.17, 15) is 0 Å². The minimum absolute atomic E-state index is 0.0851. The normalized spacial score (nSPS) is 12.0. The molecule has 0 amide bonds. The summed E-state index contributed by atoms with van der Waals surface area (Å²) >= 11 is 0. The van der Waals surface area contributed by atoms with Gasteiger partial charge in [0.2, 0.25) is 0 Å². The fourth-order valence-corrected chi connectivity index (χ4v) is 2.29. The molecule has 3 nitrogen and oxygen atoms in total. The van der Waals surface area contributed by atoms with Crippen molar-refractivity contribution in [2.45, 2.75) is 46.6 Å². The van der Waals surface area contributed by atoms with Crippen LogP contribution in [0.1, 0.15) is 46.6 Å². The number of pyridine rings is 1. The van der Waals surface area contributed by atoms with Crippen LogP contribution in [0.4, 0.5) is 5.82 Å². The fourth-order valence-electron chi connectivity index (χ4n) is 2.29. The van der Waals surface area contributed by atoms with E-state index in [1.54, 1.807) is 18.3 Å². The lowest BCUT2D eigenvalue weighted by molar-refractivity contribution is 0.302. The second kappa shape index (κ2) is 4.75. The first-order chi connectivity index (χ1) is 7.73. The highest BCUT2D eigenvalue weighted by atomic mass is 15.0. The van der Waals surface area contributed by atoms with Crippen LogP contribution in [-0.2, 0) is 0 Å². The van der Waals surface area contributed by atoms with Gasteiger partial charge < -0.3 is 5.32 Å². The maximum Gasteiger partial charge on any atom is 0.144 e. The number of hydrogen-bond acceptors (Lipinski definition) is 3. The predicted molar refractivity (Wildman–Crippen MR) is 70.7 cm³/mol. The zero-order valence-corrected chi connectivity index (χ0v) is 11.3. The average Bonchev–Trinajstić information content (AvgIpc) is 2.14. The monoisotopic (exact) mass is 231 g/mol. The van der Waals surface area contributed by atoms with E-state index < -0.39 is 0 Å². The summed E-state index contributed by atoms with van der Waals surface area (Å²) in [6.45, 7) is 10.9. The molecule has 0 fully saturated rings. The van der Waals surface area contributed by atoms with E-state index in [-0.39, 0.29) is 11.0 Å². The Morgan fingerprint density at radius 3 is 2.47 bits per heavy atom. The highest BCUT2D eigenvalue weighted by molar-refractivity contribution is 5.52. The molecular weight excluding hydrogens is 210 g/mol. The van der Waals surface area contributed by atoms with Gasteiger partial charge >= 0.3 is 0 Å². The van der Waals surface area contributed by atoms with Gasteiger partial charge in [0.1, 0.15) is 11.9 Å². The molecule has 0 aliphatic heterocycles. The Labute approximate surface area is 104 Å². The second-order valence-corrected chi connectivity index (χ2v) is 6.26. The molecule has 0 radical (unpaired) electrons. The minimum atomic E-state index is -0.0851. The zero-order chi connectivity index (χ0) is 13.1. The second-order valence-electron chi connectivity index (χ2n) is 6.26. The number of aromatic nitrogens is 1. The van der Waals surface area contributed by atoms with Gasteiger partial charge in [-0.05, 0) is 37.8 Å². The Morgan fingerprint density at radius 1 is 1.29 bits per heavy atom. The predicted octanol–water partition coefficient (Wildman–Crippen LogP) is 3.58. The molecule has 0 atom stereocenters. The van der Waals surface area contributed by atoms with Crippen molar-refractivity contribution in [3.63, 3.8) is 0 Å². The largest absolute Gasteiger partial charge is 0.364 e. The number of hydrogen-bond donors (Lipinski definition) is 1. The first-order valence-corrected chi connectivity index (χ1v) is 5.87. The quantitative estimate of drug-likeness (QED) is 0.865. The molecule has 0 spiro atoms. The van der Waals surface area contributed by atoms with Gasteiger partial charge in [0, 0.05) is 11.7 Å². The van der Waals surface area contributed by atoms with Crippen LogP contribution < -0.4 is 5.32 Å². The molecule has 1 aromatic heterocycles. The smallest absolute Gasteiger partial charge is 0.144 e. The molecule has 0 bridgehead atoms. The van der Waals surface area contributed by atoms with Crippen LogP contribution in [0.5, 0.6) is 0 Å². The average molecular weight is 231 g/mol. The summed E-state index contributed by atoms with van der Waals surface area (Å²) in [6.07, 6.45) is 2.71. The van der Waals surface area contributed by atoms with Gasteiger partial charge in [0.15, 0.2) is 0 Å². The van der Waals surface area contributed by atoms with Gasteiger partial charge in [-0.1, -0.05) is 20.8 Å². The number of anilines is 1. The zero-order valence-electron chi connectivity index (χ0n) is 11.3. The molecule has 0 aliphatic carbocycles. The molecule has 0 aliphatic rings. The van der Waals surface area contributed by atoms with E-state index in [1.807, 2.05) is 0 Å². The van der Waals surface area contributed by atoms with E-state index in [1.165, 1.54) is 0 Å². The van der Waals surface area contributed by atoms with E-state index in [4.69, 9.17) is 5.26 Å². The summed E-state index contributed by atoms with van der Waals surface area (Å²) in [5.74, 6) is 0.671. The molecule has 0 saturated carbocycles. The molecule has 17 heavy (non-hydrogen) atoms. The van der Waals surface area contributed by atoms with E-state index in [0.29, 0.717) is 11.4 Å². The SMILES string of the molecule is CC(C)(C)CC(C)(C)Nc1ncccc1C#N. The number of nitrogens with one attached hydrogen (secondary N) is 1. The molecule has 1 aromatic rings. The molecule has 92 valence electrons. The third-order valence-corrected chi connectivity index (χ3v) is 2.36. The van der Waals surface area contributed by atoms with Gasteiger partial charge in [-0.2, -0.15) is 5.26 Å². The summed E-state index contributed by atoms with van der Waals surface area (Å²) in [7, 11) is 0. The van der Waals surface area contributed by atoms with Gasteiger partial charge in [-0.15, -0.1) is 0 Å². The van der Waals surface area contributed by atoms with Crippen LogP contribution in [0.3, 0.4) is 0 Å². The van der Waals surface area contributed by atoms with Gasteiger partial charge in [0.25, 0.3) is 0 Å². The fraction of sp³-hybridized carbons (Fsp3) is 0.571. The van der Waals surface area contributed by atoms with Crippen LogP contribution in [0.2, 0.25) is 0 Å². The molecule has 0 unspecified atom stereocenters. The molecule has 1 rings (SSSR count). The van der Waals surface area contributed by atoms with Crippen molar-refractivity contribution in [1.82, 2.24) is 4.98 Å². The Kier molecular flexibility index (Phi) is 3.77. The Hall–Kier alpha value is -1.56. The summed E-state index contributed by atoms with van der Waals surface area (Å²) in [6, 6.07) is 5.71. The Bertz CT molecular complexity index is 422. The summed E-state index contributed by atoms with van der Waals surface area (Å²) in [4.78, 5) is 4.23. The molecule has 3 heteroatoms. The lowest BCUT2D eigenvalue weighted by Gasteiger charge is -2.33. The van der Waals surface area contributed by atoms with E-state index in [2.05, 4.69) is 51.0 Å². The maximum absolute atomic E-state index is 9.02. The minimum Gasteiger partial charge on any atom is -0.364 e. The third-order valence-electron chi connectivity index (χ3n) is 2.36. The van der Waals surface area contributed by atoms with Crippen LogP contribution >= 0.6 is 0 Å². The van der Waals surface area contributed by atoms with Crippen molar-refractivity contribution in [3.8, 4) is 6.07 Å². The van der Waals surface area contributed by atoms with Crippen LogP contribution in [0.25, 0.3) is 0 Å². The molecule has 0 aromatic carbocycles. The third kappa shape index (κ3) is 4.44. The van der Waals surface area contributed by atoms with Crippen molar-refractivity contribution >= 4 is 5.82 Å². The number of nitrogens with zero attached hydrogens (tertiary/aromatic N) is 2. The Balaban J connectivity index is 2.87. The summed E-state index contributed by atoms with van der Waals surface area (Å²) in [5.41, 5.74) is 0.741. The van der Waals surface area contributed by atoms with E-state index in [0.717, 1.165) is 6.42 Å². The van der Waals surface area contributed by atoms with Crippen molar-refractivity contribution in [2.24, 2.45) is 5.41 Å². The van der Waals surface area contributed by atoms with Crippen LogP contribution in [0.15, 0.2) is 18.3 Å². The Morgan fingerprint density at radius 2 is 1.94 bits per heavy atom. The molecule has 0 saturated heterocycles. The highest BCUT2D eigenvalue weighted by Gasteiger charge is 2.26. The molecule has 1 heterocycles. The van der Waals surface area contributed by atoms with Crippen LogP contribution in [0, 0.1) is 16.7 Å². The van der Waals surface area contributed by atoms with Crippen molar-refractivity contribution < 1.29 is 0 Å². The van der Waals surface area contributed by atoms with Crippen molar-refractivity contribution in [1.29, 1.82) is 5.26 Å². The summed E-state index contributed by atoms with van der Waals surface area (Å²) in [5, 5.41) is 12.4. The van der Waals surface area contributed by atoms with Crippen molar-refractivity contribution in [3.05, 3.63) is 23.9 Å². The van der Waals surface area contributed by atoms with Crippen LogP contribution in [-0.4, -0.2) is 10.5 Å².